The van der Waals surface area contributed by atoms with E-state index in [9.17, 15) is 5.11 Å². The van der Waals surface area contributed by atoms with Crippen molar-refractivity contribution >= 4 is 11.5 Å². The molecule has 2 aromatic rings. The zero-order valence-electron chi connectivity index (χ0n) is 16.7. The van der Waals surface area contributed by atoms with E-state index in [0.717, 1.165) is 23.2 Å². The molecular weight excluding hydrogens is 350 g/mol. The van der Waals surface area contributed by atoms with Gasteiger partial charge >= 0.3 is 0 Å². The molecule has 0 aliphatic heterocycles. The van der Waals surface area contributed by atoms with Crippen molar-refractivity contribution in [2.75, 3.05) is 13.6 Å². The molecule has 1 atom stereocenters. The van der Waals surface area contributed by atoms with Crippen molar-refractivity contribution in [1.29, 1.82) is 5.41 Å². The number of nitrogens with two attached hydrogens (primary N) is 1. The first kappa shape index (κ1) is 21.2. The lowest BCUT2D eigenvalue weighted by molar-refractivity contribution is 0.440. The van der Waals surface area contributed by atoms with Crippen molar-refractivity contribution < 1.29 is 5.11 Å². The number of benzene rings is 1. The van der Waals surface area contributed by atoms with E-state index in [1.165, 1.54) is 0 Å². The van der Waals surface area contributed by atoms with E-state index < -0.39 is 0 Å². The van der Waals surface area contributed by atoms with Crippen LogP contribution in [0.3, 0.4) is 0 Å². The Bertz CT molecular complexity index is 860. The third-order valence-corrected chi connectivity index (χ3v) is 4.46. The molecule has 6 heteroatoms. The molecule has 0 fully saturated rings. The van der Waals surface area contributed by atoms with Crippen molar-refractivity contribution in [1.82, 2.24) is 15.2 Å². The first-order valence-electron chi connectivity index (χ1n) is 9.25. The third-order valence-electron chi connectivity index (χ3n) is 4.46. The standard InChI is InChI=1S/C22H29N5O/c1-5-19(23)14-27(4)22(24)11-15(2)26-16(3)20-12-17(8-9-21(20)28)18-7-6-10-25-13-18/h6-13,19,24,26,28H,3,5,14,23H2,1-2,4H3/t19-/m1/s1. The quantitative estimate of drug-likeness (QED) is 0.415. The predicted octanol–water partition coefficient (Wildman–Crippen LogP) is 3.56. The van der Waals surface area contributed by atoms with Crippen molar-refractivity contribution in [3.8, 4) is 16.9 Å². The fraction of sp³-hybridized carbons (Fsp3) is 0.273. The molecule has 0 saturated heterocycles. The predicted molar refractivity (Wildman–Crippen MR) is 116 cm³/mol. The van der Waals surface area contributed by atoms with Gasteiger partial charge in [-0.2, -0.15) is 0 Å². The number of amidine groups is 1. The second-order valence-electron chi connectivity index (χ2n) is 6.84. The Kier molecular flexibility index (Phi) is 7.35. The van der Waals surface area contributed by atoms with Crippen LogP contribution in [-0.4, -0.2) is 40.5 Å². The van der Waals surface area contributed by atoms with Gasteiger partial charge in [0.05, 0.1) is 0 Å². The molecule has 6 nitrogen and oxygen atoms in total. The maximum atomic E-state index is 10.3. The van der Waals surface area contributed by atoms with Crippen LogP contribution in [-0.2, 0) is 0 Å². The fourth-order valence-electron chi connectivity index (χ4n) is 2.73. The first-order valence-corrected chi connectivity index (χ1v) is 9.25. The molecule has 0 saturated carbocycles. The van der Waals surface area contributed by atoms with Gasteiger partial charge in [0.15, 0.2) is 0 Å². The molecule has 0 aliphatic carbocycles. The van der Waals surface area contributed by atoms with Crippen LogP contribution in [0.15, 0.2) is 61.1 Å². The van der Waals surface area contributed by atoms with Gasteiger partial charge in [-0.1, -0.05) is 25.6 Å². The highest BCUT2D eigenvalue weighted by atomic mass is 16.3. The lowest BCUT2D eigenvalue weighted by Gasteiger charge is -2.22. The summed E-state index contributed by atoms with van der Waals surface area (Å²) in [6.07, 6.45) is 6.08. The molecule has 0 amide bonds. The number of aromatic hydroxyl groups is 1. The van der Waals surface area contributed by atoms with Crippen molar-refractivity contribution in [2.45, 2.75) is 26.3 Å². The highest BCUT2D eigenvalue weighted by Gasteiger charge is 2.10. The van der Waals surface area contributed by atoms with E-state index in [1.54, 1.807) is 24.5 Å². The Hall–Kier alpha value is -3.12. The molecule has 0 unspecified atom stereocenters. The Labute approximate surface area is 166 Å². The molecule has 1 heterocycles. The average Bonchev–Trinajstić information content (AvgIpc) is 2.68. The summed E-state index contributed by atoms with van der Waals surface area (Å²) in [5, 5.41) is 21.6. The number of hydrogen-bond acceptors (Lipinski definition) is 5. The number of likely N-dealkylation sites (N-methyl/N-ethyl adjacent to an activating group) is 1. The lowest BCUT2D eigenvalue weighted by atomic mass is 10.0. The minimum absolute atomic E-state index is 0.0362. The molecule has 148 valence electrons. The molecule has 0 bridgehead atoms. The van der Waals surface area contributed by atoms with E-state index in [1.807, 2.05) is 50.1 Å². The topological polar surface area (TPSA) is 98.3 Å². The van der Waals surface area contributed by atoms with Crippen LogP contribution < -0.4 is 11.1 Å². The van der Waals surface area contributed by atoms with Gasteiger partial charge in [0.1, 0.15) is 11.6 Å². The van der Waals surface area contributed by atoms with Gasteiger partial charge in [0, 0.05) is 54.5 Å². The summed E-state index contributed by atoms with van der Waals surface area (Å²) < 4.78 is 0. The van der Waals surface area contributed by atoms with Gasteiger partial charge in [-0.15, -0.1) is 0 Å². The van der Waals surface area contributed by atoms with Crippen LogP contribution in [0.25, 0.3) is 16.8 Å². The Balaban J connectivity index is 2.12. The van der Waals surface area contributed by atoms with Gasteiger partial charge in [-0.05, 0) is 43.2 Å². The van der Waals surface area contributed by atoms with E-state index in [4.69, 9.17) is 11.1 Å². The van der Waals surface area contributed by atoms with Crippen LogP contribution in [0.2, 0.25) is 0 Å². The number of phenolic OH excluding ortho intramolecular Hbond substituents is 1. The first-order chi connectivity index (χ1) is 13.3. The summed E-state index contributed by atoms with van der Waals surface area (Å²) >= 11 is 0. The van der Waals surface area contributed by atoms with Gasteiger partial charge in [0.2, 0.25) is 0 Å². The number of pyridine rings is 1. The number of phenols is 1. The van der Waals surface area contributed by atoms with Gasteiger partial charge in [0.25, 0.3) is 0 Å². The highest BCUT2D eigenvalue weighted by molar-refractivity contribution is 5.91. The maximum Gasteiger partial charge on any atom is 0.124 e. The van der Waals surface area contributed by atoms with E-state index >= 15 is 0 Å². The fourth-order valence-corrected chi connectivity index (χ4v) is 2.73. The molecular formula is C22H29N5O. The number of nitrogens with one attached hydrogen (secondary N) is 2. The second-order valence-corrected chi connectivity index (χ2v) is 6.84. The monoisotopic (exact) mass is 379 g/mol. The maximum absolute atomic E-state index is 10.3. The van der Waals surface area contributed by atoms with E-state index in [-0.39, 0.29) is 11.8 Å². The minimum Gasteiger partial charge on any atom is -0.507 e. The summed E-state index contributed by atoms with van der Waals surface area (Å²) in [6, 6.07) is 9.22. The summed E-state index contributed by atoms with van der Waals surface area (Å²) in [5.41, 5.74) is 9.75. The normalized spacial score (nSPS) is 12.4. The van der Waals surface area contributed by atoms with Crippen molar-refractivity contribution in [3.05, 3.63) is 66.6 Å². The molecule has 1 aromatic carbocycles. The summed E-state index contributed by atoms with van der Waals surface area (Å²) in [7, 11) is 1.85. The molecule has 5 N–H and O–H groups in total. The molecule has 2 rings (SSSR count). The van der Waals surface area contributed by atoms with E-state index in [2.05, 4.69) is 16.9 Å². The van der Waals surface area contributed by atoms with Crippen LogP contribution in [0, 0.1) is 5.41 Å². The second kappa shape index (κ2) is 9.71. The minimum atomic E-state index is 0.0362. The molecule has 0 radical (unpaired) electrons. The van der Waals surface area contributed by atoms with Crippen molar-refractivity contribution in [3.63, 3.8) is 0 Å². The molecule has 1 aromatic heterocycles. The molecule has 28 heavy (non-hydrogen) atoms. The molecule has 0 aliphatic rings. The van der Waals surface area contributed by atoms with Crippen LogP contribution in [0.4, 0.5) is 0 Å². The highest BCUT2D eigenvalue weighted by Crippen LogP contribution is 2.29. The van der Waals surface area contributed by atoms with Gasteiger partial charge in [-0.25, -0.2) is 0 Å². The average molecular weight is 380 g/mol. The van der Waals surface area contributed by atoms with Crippen LogP contribution in [0.1, 0.15) is 25.8 Å². The van der Waals surface area contributed by atoms with Crippen LogP contribution >= 0.6 is 0 Å². The van der Waals surface area contributed by atoms with E-state index in [0.29, 0.717) is 23.6 Å². The van der Waals surface area contributed by atoms with Crippen molar-refractivity contribution in [2.24, 2.45) is 5.73 Å². The number of rotatable bonds is 8. The molecule has 0 spiro atoms. The summed E-state index contributed by atoms with van der Waals surface area (Å²) in [4.78, 5) is 5.94. The van der Waals surface area contributed by atoms with Crippen LogP contribution in [0.5, 0.6) is 5.75 Å². The third kappa shape index (κ3) is 5.69. The number of allylic oxidation sites excluding steroid dienone is 1. The van der Waals surface area contributed by atoms with Gasteiger partial charge < -0.3 is 21.1 Å². The number of hydrogen-bond donors (Lipinski definition) is 4. The zero-order valence-corrected chi connectivity index (χ0v) is 16.7. The smallest absolute Gasteiger partial charge is 0.124 e. The summed E-state index contributed by atoms with van der Waals surface area (Å²) in [5.74, 6) is 0.495. The largest absolute Gasteiger partial charge is 0.507 e. The SMILES string of the molecule is C=C(NC(C)=CC(=N)N(C)C[C@H](N)CC)c1cc(-c2cccnc2)ccc1O. The Morgan fingerprint density at radius 3 is 2.79 bits per heavy atom. The zero-order chi connectivity index (χ0) is 20.7. The van der Waals surface area contributed by atoms with Gasteiger partial charge in [-0.3, -0.25) is 10.4 Å². The Morgan fingerprint density at radius 2 is 2.14 bits per heavy atom. The number of aromatic nitrogens is 1. The Morgan fingerprint density at radius 1 is 1.39 bits per heavy atom. The summed E-state index contributed by atoms with van der Waals surface area (Å²) in [6.45, 7) is 8.55. The lowest BCUT2D eigenvalue weighted by Crippen LogP contribution is -2.37. The number of nitrogens with zero attached hydrogens (tertiary/aromatic N) is 2.